The number of furan rings is 1. The first-order valence-corrected chi connectivity index (χ1v) is 7.51. The van der Waals surface area contributed by atoms with Crippen molar-refractivity contribution >= 4 is 5.97 Å². The molecule has 0 radical (unpaired) electrons. The average Bonchev–Trinajstić information content (AvgIpc) is 2.97. The highest BCUT2D eigenvalue weighted by molar-refractivity contribution is 5.92. The van der Waals surface area contributed by atoms with E-state index in [1.54, 1.807) is 6.07 Å². The van der Waals surface area contributed by atoms with Gasteiger partial charge in [-0.05, 0) is 56.3 Å². The van der Waals surface area contributed by atoms with Crippen molar-refractivity contribution in [1.82, 2.24) is 4.90 Å². The lowest BCUT2D eigenvalue weighted by molar-refractivity contribution is 0.0694. The van der Waals surface area contributed by atoms with Crippen molar-refractivity contribution in [3.63, 3.8) is 0 Å². The number of likely N-dealkylation sites (tertiary alicyclic amines) is 1. The Balaban J connectivity index is 1.78. The Morgan fingerprint density at radius 3 is 2.64 bits per heavy atom. The van der Waals surface area contributed by atoms with Gasteiger partial charge < -0.3 is 14.6 Å². The van der Waals surface area contributed by atoms with E-state index in [4.69, 9.17) is 9.52 Å². The second-order valence-electron chi connectivity index (χ2n) is 5.64. The van der Waals surface area contributed by atoms with Gasteiger partial charge in [-0.15, -0.1) is 0 Å². The van der Waals surface area contributed by atoms with Crippen LogP contribution in [-0.2, 0) is 6.54 Å². The van der Waals surface area contributed by atoms with Crippen LogP contribution in [-0.4, -0.2) is 34.2 Å². The lowest BCUT2D eigenvalue weighted by Gasteiger charge is -2.25. The maximum Gasteiger partial charge on any atom is 0.339 e. The summed E-state index contributed by atoms with van der Waals surface area (Å²) in [6.07, 6.45) is 3.76. The molecule has 2 heterocycles. The first kappa shape index (κ1) is 14.7. The van der Waals surface area contributed by atoms with Gasteiger partial charge in [0.15, 0.2) is 0 Å². The number of benzene rings is 1. The number of carboxylic acids is 1. The largest absolute Gasteiger partial charge is 0.507 e. The normalized spacial score (nSPS) is 15.8. The first-order valence-electron chi connectivity index (χ1n) is 7.51. The highest BCUT2D eigenvalue weighted by atomic mass is 16.4. The van der Waals surface area contributed by atoms with Gasteiger partial charge in [-0.3, -0.25) is 4.90 Å². The molecule has 0 aliphatic carbocycles. The Bertz CT molecular complexity index is 671. The molecule has 3 rings (SSSR count). The zero-order valence-corrected chi connectivity index (χ0v) is 12.3. The third kappa shape index (κ3) is 3.14. The van der Waals surface area contributed by atoms with Crippen molar-refractivity contribution in [3.05, 3.63) is 41.7 Å². The van der Waals surface area contributed by atoms with E-state index in [-0.39, 0.29) is 11.3 Å². The van der Waals surface area contributed by atoms with E-state index in [2.05, 4.69) is 4.90 Å². The van der Waals surface area contributed by atoms with Gasteiger partial charge in [0.25, 0.3) is 0 Å². The summed E-state index contributed by atoms with van der Waals surface area (Å²) in [5.41, 5.74) is 0.534. The maximum atomic E-state index is 11.1. The number of rotatable bonds is 4. The monoisotopic (exact) mass is 301 g/mol. The molecule has 1 aliphatic rings. The fraction of sp³-hybridized carbons (Fsp3) is 0.353. The number of hydrogen-bond donors (Lipinski definition) is 2. The topological polar surface area (TPSA) is 73.9 Å². The minimum atomic E-state index is -1.15. The van der Waals surface area contributed by atoms with Crippen LogP contribution in [0.25, 0.3) is 11.3 Å². The van der Waals surface area contributed by atoms with Gasteiger partial charge in [-0.2, -0.15) is 0 Å². The van der Waals surface area contributed by atoms with E-state index in [9.17, 15) is 9.90 Å². The second kappa shape index (κ2) is 6.23. The summed E-state index contributed by atoms with van der Waals surface area (Å²) in [5, 5.41) is 18.6. The summed E-state index contributed by atoms with van der Waals surface area (Å²) < 4.78 is 5.83. The van der Waals surface area contributed by atoms with Crippen molar-refractivity contribution in [3.8, 4) is 17.1 Å². The van der Waals surface area contributed by atoms with Gasteiger partial charge >= 0.3 is 5.97 Å². The summed E-state index contributed by atoms with van der Waals surface area (Å²) in [5.74, 6) is 0.104. The van der Waals surface area contributed by atoms with Crippen LogP contribution >= 0.6 is 0 Å². The Hall–Kier alpha value is -2.27. The van der Waals surface area contributed by atoms with Crippen molar-refractivity contribution in [2.45, 2.75) is 25.8 Å². The molecule has 116 valence electrons. The molecule has 1 saturated heterocycles. The van der Waals surface area contributed by atoms with Crippen LogP contribution in [0.15, 0.2) is 34.7 Å². The van der Waals surface area contributed by atoms with Crippen LogP contribution in [0.1, 0.15) is 35.4 Å². The number of aromatic hydroxyl groups is 1. The minimum Gasteiger partial charge on any atom is -0.507 e. The fourth-order valence-corrected chi connectivity index (χ4v) is 2.82. The molecule has 2 N–H and O–H groups in total. The second-order valence-corrected chi connectivity index (χ2v) is 5.64. The number of piperidine rings is 1. The average molecular weight is 301 g/mol. The summed E-state index contributed by atoms with van der Waals surface area (Å²) >= 11 is 0. The molecule has 0 saturated carbocycles. The summed E-state index contributed by atoms with van der Waals surface area (Å²) in [7, 11) is 0. The van der Waals surface area contributed by atoms with E-state index in [0.29, 0.717) is 11.3 Å². The van der Waals surface area contributed by atoms with E-state index >= 15 is 0 Å². The highest BCUT2D eigenvalue weighted by Crippen LogP contribution is 2.28. The van der Waals surface area contributed by atoms with Crippen molar-refractivity contribution in [1.29, 1.82) is 0 Å². The standard InChI is InChI=1S/C17H19NO4/c19-15-6-4-12(10-14(15)17(20)21)16-7-5-13(22-16)11-18-8-2-1-3-9-18/h4-7,10,19H,1-3,8-9,11H2,(H,20,21). The lowest BCUT2D eigenvalue weighted by Crippen LogP contribution is -2.28. The zero-order chi connectivity index (χ0) is 15.5. The Kier molecular flexibility index (Phi) is 4.15. The van der Waals surface area contributed by atoms with Crippen LogP contribution in [0, 0.1) is 0 Å². The number of carbonyl (C=O) groups is 1. The Morgan fingerprint density at radius 2 is 1.91 bits per heavy atom. The predicted octanol–water partition coefficient (Wildman–Crippen LogP) is 3.34. The van der Waals surface area contributed by atoms with E-state index in [0.717, 1.165) is 25.4 Å². The number of aromatic carboxylic acids is 1. The highest BCUT2D eigenvalue weighted by Gasteiger charge is 2.15. The van der Waals surface area contributed by atoms with Gasteiger partial charge in [0.1, 0.15) is 22.8 Å². The predicted molar refractivity (Wildman–Crippen MR) is 81.9 cm³/mol. The zero-order valence-electron chi connectivity index (χ0n) is 12.3. The van der Waals surface area contributed by atoms with E-state index in [1.807, 2.05) is 12.1 Å². The SMILES string of the molecule is O=C(O)c1cc(-c2ccc(CN3CCCCC3)o2)ccc1O. The molecule has 1 fully saturated rings. The number of nitrogens with zero attached hydrogens (tertiary/aromatic N) is 1. The van der Waals surface area contributed by atoms with E-state index in [1.165, 1.54) is 31.4 Å². The quantitative estimate of drug-likeness (QED) is 0.906. The molecule has 22 heavy (non-hydrogen) atoms. The van der Waals surface area contributed by atoms with Crippen LogP contribution in [0.5, 0.6) is 5.75 Å². The molecule has 1 aliphatic heterocycles. The summed E-state index contributed by atoms with van der Waals surface area (Å²) in [4.78, 5) is 13.4. The first-order chi connectivity index (χ1) is 10.6. The molecule has 0 amide bonds. The lowest BCUT2D eigenvalue weighted by atomic mass is 10.1. The number of carboxylic acid groups (broad SMARTS) is 1. The van der Waals surface area contributed by atoms with Gasteiger partial charge in [-0.1, -0.05) is 6.42 Å². The molecule has 0 atom stereocenters. The molecule has 0 bridgehead atoms. The molecule has 5 nitrogen and oxygen atoms in total. The van der Waals surface area contributed by atoms with Gasteiger partial charge in [0.2, 0.25) is 0 Å². The Morgan fingerprint density at radius 1 is 1.14 bits per heavy atom. The van der Waals surface area contributed by atoms with Gasteiger partial charge in [-0.25, -0.2) is 4.79 Å². The van der Waals surface area contributed by atoms with Crippen LogP contribution in [0.3, 0.4) is 0 Å². The molecule has 2 aromatic rings. The van der Waals surface area contributed by atoms with E-state index < -0.39 is 5.97 Å². The van der Waals surface area contributed by atoms with Crippen LogP contribution < -0.4 is 0 Å². The summed E-state index contributed by atoms with van der Waals surface area (Å²) in [6.45, 7) is 2.97. The minimum absolute atomic E-state index is 0.119. The molecule has 1 aromatic heterocycles. The summed E-state index contributed by atoms with van der Waals surface area (Å²) in [6, 6.07) is 8.24. The van der Waals surface area contributed by atoms with Gasteiger partial charge in [0, 0.05) is 5.56 Å². The number of phenols is 1. The fourth-order valence-electron chi connectivity index (χ4n) is 2.82. The molecule has 1 aromatic carbocycles. The van der Waals surface area contributed by atoms with Crippen molar-refractivity contribution in [2.75, 3.05) is 13.1 Å². The molecule has 5 heteroatoms. The number of hydrogen-bond acceptors (Lipinski definition) is 4. The maximum absolute atomic E-state index is 11.1. The molecular formula is C17H19NO4. The molecule has 0 spiro atoms. The molecule has 0 unspecified atom stereocenters. The van der Waals surface area contributed by atoms with Gasteiger partial charge in [0.05, 0.1) is 6.54 Å². The third-order valence-corrected chi connectivity index (χ3v) is 4.00. The molecular weight excluding hydrogens is 282 g/mol. The smallest absolute Gasteiger partial charge is 0.339 e. The van der Waals surface area contributed by atoms with Crippen molar-refractivity contribution in [2.24, 2.45) is 0 Å². The van der Waals surface area contributed by atoms with Crippen LogP contribution in [0.2, 0.25) is 0 Å². The van der Waals surface area contributed by atoms with Crippen LogP contribution in [0.4, 0.5) is 0 Å². The van der Waals surface area contributed by atoms with Crippen molar-refractivity contribution < 1.29 is 19.4 Å². The third-order valence-electron chi connectivity index (χ3n) is 4.00. The Labute approximate surface area is 128 Å².